The van der Waals surface area contributed by atoms with E-state index in [4.69, 9.17) is 0 Å². The largest absolute Gasteiger partial charge is 0.295 e. The van der Waals surface area contributed by atoms with Crippen LogP contribution in [0.4, 0.5) is 4.39 Å². The van der Waals surface area contributed by atoms with Gasteiger partial charge in [0, 0.05) is 5.56 Å². The van der Waals surface area contributed by atoms with Crippen LogP contribution in [0.25, 0.3) is 0 Å². The smallest absolute Gasteiger partial charge is 0.184 e. The molecule has 0 spiro atoms. The van der Waals surface area contributed by atoms with Gasteiger partial charge in [-0.05, 0) is 38.0 Å². The van der Waals surface area contributed by atoms with Crippen molar-refractivity contribution in [2.75, 3.05) is 0 Å². The quantitative estimate of drug-likeness (QED) is 0.761. The maximum atomic E-state index is 13.6. The van der Waals surface area contributed by atoms with Crippen LogP contribution >= 0.6 is 0 Å². The Balaban J connectivity index is 2.47. The number of Topliss-reactive ketones (excluding diaryl/α,β-unsaturated/α-hetero) is 1. The average molecular weight is 242 g/mol. The summed E-state index contributed by atoms with van der Waals surface area (Å²) < 4.78 is 37.1. The van der Waals surface area contributed by atoms with Gasteiger partial charge in [0.15, 0.2) is 15.6 Å². The number of hydrogen-bond donors (Lipinski definition) is 0. The first-order valence-corrected chi connectivity index (χ1v) is 6.52. The van der Waals surface area contributed by atoms with Crippen molar-refractivity contribution in [3.05, 3.63) is 29.6 Å². The summed E-state index contributed by atoms with van der Waals surface area (Å²) in [5, 5.41) is -0.440. The minimum absolute atomic E-state index is 0.187. The number of carbonyl (C=O) groups is 1. The molecule has 0 bridgehead atoms. The van der Waals surface area contributed by atoms with Gasteiger partial charge in [0.25, 0.3) is 0 Å². The zero-order valence-corrected chi connectivity index (χ0v) is 9.55. The Morgan fingerprint density at radius 2 is 2.00 bits per heavy atom. The van der Waals surface area contributed by atoms with E-state index in [9.17, 15) is 17.6 Å². The van der Waals surface area contributed by atoms with E-state index in [2.05, 4.69) is 0 Å². The molecule has 0 saturated heterocycles. The van der Waals surface area contributed by atoms with Crippen molar-refractivity contribution < 1.29 is 17.6 Å². The van der Waals surface area contributed by atoms with Crippen LogP contribution in [-0.4, -0.2) is 19.5 Å². The summed E-state index contributed by atoms with van der Waals surface area (Å²) in [6, 6.07) is 3.51. The van der Waals surface area contributed by atoms with Crippen molar-refractivity contribution in [2.45, 2.75) is 29.9 Å². The lowest BCUT2D eigenvalue weighted by molar-refractivity contribution is 0.101. The third-order valence-electron chi connectivity index (χ3n) is 2.61. The number of halogens is 1. The molecule has 0 amide bonds. The topological polar surface area (TPSA) is 51.2 Å². The fourth-order valence-corrected chi connectivity index (χ4v) is 3.21. The molecule has 0 radical (unpaired) electrons. The zero-order valence-electron chi connectivity index (χ0n) is 8.73. The van der Waals surface area contributed by atoms with Crippen LogP contribution in [0.3, 0.4) is 0 Å². The van der Waals surface area contributed by atoms with E-state index < -0.39 is 20.9 Å². The third-order valence-corrected chi connectivity index (χ3v) is 4.90. The average Bonchev–Trinajstić information content (AvgIpc) is 2.99. The monoisotopic (exact) mass is 242 g/mol. The van der Waals surface area contributed by atoms with Crippen LogP contribution in [-0.2, 0) is 9.84 Å². The molecule has 3 nitrogen and oxygen atoms in total. The molecule has 5 heteroatoms. The minimum Gasteiger partial charge on any atom is -0.295 e. The summed E-state index contributed by atoms with van der Waals surface area (Å²) in [5.41, 5.74) is 0.187. The van der Waals surface area contributed by atoms with Gasteiger partial charge in [0.05, 0.1) is 5.25 Å². The molecule has 86 valence electrons. The Morgan fingerprint density at radius 1 is 1.38 bits per heavy atom. The Hall–Kier alpha value is -1.23. The Morgan fingerprint density at radius 3 is 2.44 bits per heavy atom. The molecule has 0 aliphatic heterocycles. The van der Waals surface area contributed by atoms with E-state index in [0.29, 0.717) is 12.8 Å². The van der Waals surface area contributed by atoms with E-state index >= 15 is 0 Å². The van der Waals surface area contributed by atoms with Gasteiger partial charge in [-0.1, -0.05) is 0 Å². The Bertz CT molecular complexity index is 544. The molecule has 0 aromatic heterocycles. The Kier molecular flexibility index (Phi) is 2.58. The molecule has 0 unspecified atom stereocenters. The predicted molar refractivity (Wildman–Crippen MR) is 56.6 cm³/mol. The molecule has 1 saturated carbocycles. The summed E-state index contributed by atoms with van der Waals surface area (Å²) in [4.78, 5) is 10.7. The molecular formula is C11H11FO3S. The summed E-state index contributed by atoms with van der Waals surface area (Å²) in [6.07, 6.45) is 1.19. The highest BCUT2D eigenvalue weighted by molar-refractivity contribution is 7.92. The van der Waals surface area contributed by atoms with E-state index in [1.807, 2.05) is 0 Å². The highest BCUT2D eigenvalue weighted by Crippen LogP contribution is 2.34. The van der Waals surface area contributed by atoms with Gasteiger partial charge in [-0.15, -0.1) is 0 Å². The van der Waals surface area contributed by atoms with Gasteiger partial charge in [-0.2, -0.15) is 0 Å². The van der Waals surface area contributed by atoms with Gasteiger partial charge in [-0.3, -0.25) is 4.79 Å². The first-order chi connectivity index (χ1) is 7.43. The van der Waals surface area contributed by atoms with Crippen LogP contribution in [0.15, 0.2) is 23.1 Å². The highest BCUT2D eigenvalue weighted by Gasteiger charge is 2.38. The van der Waals surface area contributed by atoms with Crippen LogP contribution < -0.4 is 0 Å². The van der Waals surface area contributed by atoms with Gasteiger partial charge < -0.3 is 0 Å². The minimum atomic E-state index is -3.53. The number of ketones is 1. The number of carbonyl (C=O) groups excluding carboxylic acids is 1. The summed E-state index contributed by atoms with van der Waals surface area (Å²) in [7, 11) is -3.53. The van der Waals surface area contributed by atoms with Crippen LogP contribution in [0.1, 0.15) is 30.1 Å². The van der Waals surface area contributed by atoms with E-state index in [1.54, 1.807) is 0 Å². The van der Waals surface area contributed by atoms with E-state index in [-0.39, 0.29) is 16.2 Å². The van der Waals surface area contributed by atoms with E-state index in [0.717, 1.165) is 6.07 Å². The third kappa shape index (κ3) is 1.87. The van der Waals surface area contributed by atoms with Crippen LogP contribution in [0.2, 0.25) is 0 Å². The van der Waals surface area contributed by atoms with Crippen LogP contribution in [0, 0.1) is 5.82 Å². The molecule has 0 heterocycles. The summed E-state index contributed by atoms with van der Waals surface area (Å²) >= 11 is 0. The molecule has 1 aliphatic rings. The van der Waals surface area contributed by atoms with Gasteiger partial charge in [-0.25, -0.2) is 12.8 Å². The fourth-order valence-electron chi connectivity index (χ4n) is 1.51. The first kappa shape index (κ1) is 11.3. The lowest BCUT2D eigenvalue weighted by atomic mass is 10.1. The second kappa shape index (κ2) is 3.66. The standard InChI is InChI=1S/C11H11FO3S/c1-7(13)8-2-5-11(10(12)6-8)16(14,15)9-3-4-9/h2,5-6,9H,3-4H2,1H3. The van der Waals surface area contributed by atoms with Crippen molar-refractivity contribution in [2.24, 2.45) is 0 Å². The van der Waals surface area contributed by atoms with Crippen molar-refractivity contribution in [3.63, 3.8) is 0 Å². The molecular weight excluding hydrogens is 231 g/mol. The zero-order chi connectivity index (χ0) is 11.9. The van der Waals surface area contributed by atoms with E-state index in [1.165, 1.54) is 19.1 Å². The normalized spacial score (nSPS) is 16.1. The molecule has 1 aromatic rings. The second-order valence-electron chi connectivity index (χ2n) is 3.95. The SMILES string of the molecule is CC(=O)c1ccc(S(=O)(=O)C2CC2)c(F)c1. The second-order valence-corrected chi connectivity index (χ2v) is 6.14. The number of sulfone groups is 1. The van der Waals surface area contributed by atoms with Crippen molar-refractivity contribution in [3.8, 4) is 0 Å². The van der Waals surface area contributed by atoms with Crippen molar-refractivity contribution >= 4 is 15.6 Å². The maximum Gasteiger partial charge on any atom is 0.184 e. The van der Waals surface area contributed by atoms with Crippen molar-refractivity contribution in [1.29, 1.82) is 0 Å². The van der Waals surface area contributed by atoms with Gasteiger partial charge >= 0.3 is 0 Å². The predicted octanol–water partition coefficient (Wildman–Crippen LogP) is 1.96. The molecule has 1 fully saturated rings. The lowest BCUT2D eigenvalue weighted by Gasteiger charge is -2.05. The van der Waals surface area contributed by atoms with Crippen LogP contribution in [0.5, 0.6) is 0 Å². The van der Waals surface area contributed by atoms with Gasteiger partial charge in [0.2, 0.25) is 0 Å². The number of rotatable bonds is 3. The highest BCUT2D eigenvalue weighted by atomic mass is 32.2. The maximum absolute atomic E-state index is 13.6. The molecule has 0 atom stereocenters. The molecule has 2 rings (SSSR count). The molecule has 16 heavy (non-hydrogen) atoms. The number of benzene rings is 1. The summed E-state index contributed by atoms with van der Waals surface area (Å²) in [6.45, 7) is 1.31. The lowest BCUT2D eigenvalue weighted by Crippen LogP contribution is -2.10. The number of hydrogen-bond acceptors (Lipinski definition) is 3. The fraction of sp³-hybridized carbons (Fsp3) is 0.364. The molecule has 1 aromatic carbocycles. The molecule has 1 aliphatic carbocycles. The summed E-state index contributed by atoms with van der Waals surface area (Å²) in [5.74, 6) is -1.12. The Labute approximate surface area is 93.2 Å². The van der Waals surface area contributed by atoms with Crippen molar-refractivity contribution in [1.82, 2.24) is 0 Å². The van der Waals surface area contributed by atoms with Gasteiger partial charge in [0.1, 0.15) is 10.7 Å². The molecule has 0 N–H and O–H groups in total. The first-order valence-electron chi connectivity index (χ1n) is 4.97.